The second kappa shape index (κ2) is 17.7. The maximum atomic E-state index is 13.2. The van der Waals surface area contributed by atoms with Crippen molar-refractivity contribution in [3.63, 3.8) is 0 Å². The predicted octanol–water partition coefficient (Wildman–Crippen LogP) is 5.62. The van der Waals surface area contributed by atoms with Gasteiger partial charge in [-0.3, -0.25) is 9.59 Å². The largest absolute Gasteiger partial charge is 0.466 e. The lowest BCUT2D eigenvalue weighted by Gasteiger charge is -2.29. The Morgan fingerprint density at radius 2 is 1.79 bits per heavy atom. The number of esters is 1. The van der Waals surface area contributed by atoms with Gasteiger partial charge in [-0.1, -0.05) is 44.4 Å². The average Bonchev–Trinajstić information content (AvgIpc) is 3.23. The summed E-state index contributed by atoms with van der Waals surface area (Å²) in [6.45, 7) is 3.58. The fourth-order valence-corrected chi connectivity index (χ4v) is 5.53. The van der Waals surface area contributed by atoms with Crippen LogP contribution in [-0.2, 0) is 38.1 Å². The van der Waals surface area contributed by atoms with E-state index < -0.39 is 11.9 Å². The zero-order chi connectivity index (χ0) is 27.9. The van der Waals surface area contributed by atoms with Crippen molar-refractivity contribution in [2.45, 2.75) is 122 Å². The standard InChI is InChI=1S/C31H48O8/c1-3-4-5-13-24(38-30-15-8-10-19-36-30)17-18-25-26(21-23(32)12-6-7-14-29(34)35-2)27(33)22-28(25)39-31-16-9-11-20-37-31/h7,14,17-18,24-26,28,30-31H,3-6,8-13,15-16,19-22H2,1-2H3/b14-7+,18-17+/t24-,25+,26+,28+,30?,31?/m0/s1. The molecule has 8 nitrogen and oxygen atoms in total. The van der Waals surface area contributed by atoms with Gasteiger partial charge in [0, 0.05) is 50.4 Å². The molecule has 2 aliphatic heterocycles. The Morgan fingerprint density at radius 1 is 1.05 bits per heavy atom. The summed E-state index contributed by atoms with van der Waals surface area (Å²) in [5.41, 5.74) is 0. The molecule has 2 heterocycles. The number of unbranched alkanes of at least 4 members (excludes halogenated alkanes) is 2. The minimum Gasteiger partial charge on any atom is -0.466 e. The summed E-state index contributed by atoms with van der Waals surface area (Å²) in [7, 11) is 1.32. The second-order valence-electron chi connectivity index (χ2n) is 10.9. The van der Waals surface area contributed by atoms with E-state index in [9.17, 15) is 14.4 Å². The number of carbonyl (C=O) groups is 3. The SMILES string of the molecule is CCCCC[C@@H](/C=C/[C@H]1[C@H](OC2CCCCO2)CC(=O)[C@@H]1CC(=O)CC/C=C/C(=O)OC)OC1CCCCO1. The van der Waals surface area contributed by atoms with E-state index in [-0.39, 0.29) is 61.5 Å². The first-order valence-corrected chi connectivity index (χ1v) is 15.0. The number of ether oxygens (including phenoxy) is 5. The van der Waals surface area contributed by atoms with Crippen LogP contribution in [0, 0.1) is 11.8 Å². The molecule has 8 heteroatoms. The summed E-state index contributed by atoms with van der Waals surface area (Å²) >= 11 is 0. The zero-order valence-electron chi connectivity index (χ0n) is 23.9. The fraction of sp³-hybridized carbons (Fsp3) is 0.774. The number of ketones is 2. The van der Waals surface area contributed by atoms with Crippen molar-refractivity contribution in [1.82, 2.24) is 0 Å². The molecule has 0 radical (unpaired) electrons. The van der Waals surface area contributed by atoms with Gasteiger partial charge in [0.25, 0.3) is 0 Å². The van der Waals surface area contributed by atoms with Gasteiger partial charge in [0.2, 0.25) is 0 Å². The third kappa shape index (κ3) is 11.3. The second-order valence-corrected chi connectivity index (χ2v) is 10.9. The van der Waals surface area contributed by atoms with Crippen LogP contribution < -0.4 is 0 Å². The Bertz CT molecular complexity index is 809. The van der Waals surface area contributed by atoms with Gasteiger partial charge in [-0.25, -0.2) is 4.79 Å². The Morgan fingerprint density at radius 3 is 2.46 bits per heavy atom. The first-order valence-electron chi connectivity index (χ1n) is 15.0. The molecule has 0 amide bonds. The van der Waals surface area contributed by atoms with Crippen molar-refractivity contribution in [2.75, 3.05) is 20.3 Å². The first kappa shape index (κ1) is 31.7. The Hall–Kier alpha value is -1.87. The van der Waals surface area contributed by atoms with Crippen LogP contribution in [0.4, 0.5) is 0 Å². The van der Waals surface area contributed by atoms with Gasteiger partial charge in [-0.05, 0) is 51.4 Å². The first-order chi connectivity index (χ1) is 19.0. The Labute approximate surface area is 233 Å². The average molecular weight is 549 g/mol. The molecule has 3 aliphatic rings. The van der Waals surface area contributed by atoms with Crippen LogP contribution in [0.3, 0.4) is 0 Å². The van der Waals surface area contributed by atoms with E-state index in [2.05, 4.69) is 23.8 Å². The van der Waals surface area contributed by atoms with Crippen molar-refractivity contribution in [1.29, 1.82) is 0 Å². The quantitative estimate of drug-likeness (QED) is 0.106. The summed E-state index contributed by atoms with van der Waals surface area (Å²) in [6, 6.07) is 0. The van der Waals surface area contributed by atoms with Crippen LogP contribution in [0.15, 0.2) is 24.3 Å². The molecule has 6 atom stereocenters. The highest BCUT2D eigenvalue weighted by Gasteiger charge is 2.43. The predicted molar refractivity (Wildman–Crippen MR) is 147 cm³/mol. The molecule has 1 saturated carbocycles. The van der Waals surface area contributed by atoms with E-state index in [1.54, 1.807) is 6.08 Å². The molecule has 2 unspecified atom stereocenters. The Kier molecular flexibility index (Phi) is 14.4. The molecule has 0 bridgehead atoms. The molecular weight excluding hydrogens is 500 g/mol. The van der Waals surface area contributed by atoms with E-state index in [0.717, 1.165) is 70.8 Å². The summed E-state index contributed by atoms with van der Waals surface area (Å²) < 4.78 is 28.9. The number of Topliss-reactive ketones (excluding diaryl/α,β-unsaturated/α-hetero) is 2. The molecule has 3 fully saturated rings. The van der Waals surface area contributed by atoms with E-state index in [1.807, 2.05) is 0 Å². The van der Waals surface area contributed by atoms with Gasteiger partial charge < -0.3 is 23.7 Å². The number of allylic oxidation sites excluding steroid dienone is 1. The highest BCUT2D eigenvalue weighted by Crippen LogP contribution is 2.37. The lowest BCUT2D eigenvalue weighted by molar-refractivity contribution is -0.192. The molecule has 39 heavy (non-hydrogen) atoms. The summed E-state index contributed by atoms with van der Waals surface area (Å²) in [6.07, 6.45) is 17.5. The van der Waals surface area contributed by atoms with Gasteiger partial charge >= 0.3 is 5.97 Å². The molecule has 1 aliphatic carbocycles. The van der Waals surface area contributed by atoms with Crippen molar-refractivity contribution < 1.29 is 38.1 Å². The lowest BCUT2D eigenvalue weighted by Crippen LogP contribution is -2.31. The summed E-state index contributed by atoms with van der Waals surface area (Å²) in [5.74, 6) is -1.04. The van der Waals surface area contributed by atoms with E-state index in [4.69, 9.17) is 18.9 Å². The Balaban J connectivity index is 1.69. The van der Waals surface area contributed by atoms with E-state index >= 15 is 0 Å². The van der Waals surface area contributed by atoms with E-state index in [0.29, 0.717) is 13.0 Å². The minimum atomic E-state index is -0.446. The third-order valence-corrected chi connectivity index (χ3v) is 7.77. The van der Waals surface area contributed by atoms with Gasteiger partial charge in [0.1, 0.15) is 11.6 Å². The number of carbonyl (C=O) groups excluding carboxylic acids is 3. The minimum absolute atomic E-state index is 0.00202. The maximum absolute atomic E-state index is 13.2. The van der Waals surface area contributed by atoms with Crippen LogP contribution in [0.1, 0.15) is 96.8 Å². The molecule has 2 saturated heterocycles. The van der Waals surface area contributed by atoms with Gasteiger partial charge in [0.05, 0.1) is 19.3 Å². The van der Waals surface area contributed by atoms with Crippen molar-refractivity contribution in [3.05, 3.63) is 24.3 Å². The van der Waals surface area contributed by atoms with Gasteiger partial charge in [-0.15, -0.1) is 0 Å². The number of hydrogen-bond acceptors (Lipinski definition) is 8. The molecule has 3 rings (SSSR count). The van der Waals surface area contributed by atoms with Crippen molar-refractivity contribution in [3.8, 4) is 0 Å². The molecular formula is C31H48O8. The molecule has 0 spiro atoms. The smallest absolute Gasteiger partial charge is 0.330 e. The monoisotopic (exact) mass is 548 g/mol. The molecule has 0 aromatic carbocycles. The van der Waals surface area contributed by atoms with E-state index in [1.165, 1.54) is 13.2 Å². The third-order valence-electron chi connectivity index (χ3n) is 7.77. The topological polar surface area (TPSA) is 97.4 Å². The number of hydrogen-bond donors (Lipinski definition) is 0. The number of rotatable bonds is 16. The van der Waals surface area contributed by atoms with Crippen LogP contribution in [0.25, 0.3) is 0 Å². The van der Waals surface area contributed by atoms with Crippen molar-refractivity contribution in [2.24, 2.45) is 11.8 Å². The fourth-order valence-electron chi connectivity index (χ4n) is 5.53. The van der Waals surface area contributed by atoms with Crippen LogP contribution in [-0.4, -0.2) is 62.6 Å². The van der Waals surface area contributed by atoms with Crippen LogP contribution in [0.5, 0.6) is 0 Å². The summed E-state index contributed by atoms with van der Waals surface area (Å²) in [4.78, 5) is 37.3. The molecule has 220 valence electrons. The molecule has 0 aromatic heterocycles. The summed E-state index contributed by atoms with van der Waals surface area (Å²) in [5, 5.41) is 0. The maximum Gasteiger partial charge on any atom is 0.330 e. The lowest BCUT2D eigenvalue weighted by atomic mass is 9.88. The van der Waals surface area contributed by atoms with Crippen molar-refractivity contribution >= 4 is 17.5 Å². The normalized spacial score (nSPS) is 28.8. The molecule has 0 aromatic rings. The number of methoxy groups -OCH3 is 1. The van der Waals surface area contributed by atoms with Crippen LogP contribution >= 0.6 is 0 Å². The van der Waals surface area contributed by atoms with Gasteiger partial charge in [-0.2, -0.15) is 0 Å². The zero-order valence-corrected chi connectivity index (χ0v) is 23.9. The van der Waals surface area contributed by atoms with Crippen LogP contribution in [0.2, 0.25) is 0 Å². The van der Waals surface area contributed by atoms with Gasteiger partial charge in [0.15, 0.2) is 12.6 Å². The molecule has 0 N–H and O–H groups in total. The highest BCUT2D eigenvalue weighted by atomic mass is 16.7. The highest BCUT2D eigenvalue weighted by molar-refractivity contribution is 5.90.